The zero-order valence-electron chi connectivity index (χ0n) is 11.1. The predicted octanol–water partition coefficient (Wildman–Crippen LogP) is 1.80. The summed E-state index contributed by atoms with van der Waals surface area (Å²) in [6, 6.07) is 9.26. The smallest absolute Gasteiger partial charge is 0.288 e. The molecule has 1 amide bonds. The van der Waals surface area contributed by atoms with Crippen LogP contribution in [0, 0.1) is 0 Å². The van der Waals surface area contributed by atoms with Crippen molar-refractivity contribution in [3.05, 3.63) is 47.5 Å². The minimum atomic E-state index is -0.723. The van der Waals surface area contributed by atoms with Crippen molar-refractivity contribution in [2.75, 3.05) is 0 Å². The molecular formula is C15H17NO3. The third-order valence-corrected chi connectivity index (χ3v) is 2.33. The van der Waals surface area contributed by atoms with E-state index in [4.69, 9.17) is 0 Å². The summed E-state index contributed by atoms with van der Waals surface area (Å²) in [6.07, 6.45) is 0.980. The Balaban J connectivity index is 2.44. The van der Waals surface area contributed by atoms with Gasteiger partial charge in [-0.2, -0.15) is 0 Å². The first kappa shape index (κ1) is 14.8. The minimum Gasteiger partial charge on any atom is -0.345 e. The first-order valence-electron chi connectivity index (χ1n) is 6.01. The molecular weight excluding hydrogens is 242 g/mol. The summed E-state index contributed by atoms with van der Waals surface area (Å²) in [5, 5.41) is 2.50. The Morgan fingerprint density at radius 1 is 1.11 bits per heavy atom. The molecule has 0 aliphatic heterocycles. The van der Waals surface area contributed by atoms with E-state index in [1.165, 1.54) is 6.08 Å². The van der Waals surface area contributed by atoms with Crippen molar-refractivity contribution in [2.24, 2.45) is 0 Å². The summed E-state index contributed by atoms with van der Waals surface area (Å²) in [7, 11) is 0. The first-order valence-corrected chi connectivity index (χ1v) is 6.01. The molecule has 0 saturated carbocycles. The van der Waals surface area contributed by atoms with Crippen molar-refractivity contribution in [1.29, 1.82) is 0 Å². The van der Waals surface area contributed by atoms with Crippen LogP contribution in [0.4, 0.5) is 0 Å². The highest BCUT2D eigenvalue weighted by atomic mass is 16.2. The van der Waals surface area contributed by atoms with Crippen molar-refractivity contribution in [3.8, 4) is 0 Å². The van der Waals surface area contributed by atoms with Crippen molar-refractivity contribution < 1.29 is 14.4 Å². The third-order valence-electron chi connectivity index (χ3n) is 2.33. The van der Waals surface area contributed by atoms with E-state index in [0.29, 0.717) is 0 Å². The lowest BCUT2D eigenvalue weighted by atomic mass is 10.1. The van der Waals surface area contributed by atoms with Crippen LogP contribution in [0.3, 0.4) is 0 Å². The molecule has 1 N–H and O–H groups in total. The number of rotatable bonds is 6. The van der Waals surface area contributed by atoms with Gasteiger partial charge in [0.25, 0.3) is 5.91 Å². The van der Waals surface area contributed by atoms with Crippen LogP contribution >= 0.6 is 0 Å². The molecule has 1 aromatic carbocycles. The maximum absolute atomic E-state index is 11.5. The maximum atomic E-state index is 11.5. The van der Waals surface area contributed by atoms with Crippen LogP contribution in [-0.4, -0.2) is 17.5 Å². The Hall–Kier alpha value is -2.23. The third kappa shape index (κ3) is 5.77. The average molecular weight is 259 g/mol. The Bertz CT molecular complexity index is 499. The molecule has 0 atom stereocenters. The number of hydrogen-bond donors (Lipinski definition) is 1. The topological polar surface area (TPSA) is 63.2 Å². The molecule has 0 spiro atoms. The summed E-state index contributed by atoms with van der Waals surface area (Å²) >= 11 is 0. The summed E-state index contributed by atoms with van der Waals surface area (Å²) in [4.78, 5) is 34.4. The molecule has 0 aliphatic rings. The number of benzene rings is 1. The highest BCUT2D eigenvalue weighted by molar-refractivity contribution is 6.39. The molecule has 0 fully saturated rings. The van der Waals surface area contributed by atoms with Crippen molar-refractivity contribution in [1.82, 2.24) is 5.32 Å². The molecule has 0 aromatic heterocycles. The average Bonchev–Trinajstić information content (AvgIpc) is 2.36. The van der Waals surface area contributed by atoms with E-state index in [1.54, 1.807) is 13.8 Å². The van der Waals surface area contributed by atoms with Gasteiger partial charge in [0.15, 0.2) is 5.78 Å². The zero-order valence-corrected chi connectivity index (χ0v) is 11.1. The highest BCUT2D eigenvalue weighted by Crippen LogP contribution is 1.98. The lowest BCUT2D eigenvalue weighted by molar-refractivity contribution is -0.139. The molecule has 0 aliphatic carbocycles. The second-order valence-electron chi connectivity index (χ2n) is 4.46. The molecule has 0 unspecified atom stereocenters. The molecule has 4 nitrogen and oxygen atoms in total. The molecule has 19 heavy (non-hydrogen) atoms. The van der Waals surface area contributed by atoms with Gasteiger partial charge in [-0.15, -0.1) is 0 Å². The molecule has 0 saturated heterocycles. The van der Waals surface area contributed by atoms with E-state index in [9.17, 15) is 14.4 Å². The number of hydrogen-bond acceptors (Lipinski definition) is 3. The van der Waals surface area contributed by atoms with Crippen molar-refractivity contribution in [3.63, 3.8) is 0 Å². The molecule has 100 valence electrons. The number of amides is 1. The summed E-state index contributed by atoms with van der Waals surface area (Å²) in [6.45, 7) is 3.80. The maximum Gasteiger partial charge on any atom is 0.288 e. The number of nitrogens with one attached hydrogen (secondary N) is 1. The van der Waals surface area contributed by atoms with Gasteiger partial charge in [0.05, 0.1) is 6.42 Å². The van der Waals surface area contributed by atoms with Crippen LogP contribution < -0.4 is 5.32 Å². The molecule has 4 heteroatoms. The number of Topliss-reactive ketones (excluding diaryl/α,β-unsaturated/α-hetero) is 1. The van der Waals surface area contributed by atoms with Crippen molar-refractivity contribution in [2.45, 2.75) is 26.8 Å². The van der Waals surface area contributed by atoms with Crippen LogP contribution in [0.25, 0.3) is 0 Å². The molecule has 0 radical (unpaired) electrons. The van der Waals surface area contributed by atoms with Gasteiger partial charge in [-0.05, 0) is 25.5 Å². The van der Waals surface area contributed by atoms with Gasteiger partial charge in [-0.3, -0.25) is 14.4 Å². The second-order valence-corrected chi connectivity index (χ2v) is 4.46. The first-order chi connectivity index (χ1) is 8.99. The number of allylic oxidation sites excluding steroid dienone is 2. The normalized spacial score (nSPS) is 9.58. The summed E-state index contributed by atoms with van der Waals surface area (Å²) < 4.78 is 0. The standard InChI is InChI=1S/C15H17NO3/c1-11(2)8-13(17)9-14(18)15(19)16-10-12-6-4-3-5-7-12/h3-8H,9-10H2,1-2H3,(H,16,19). The fraction of sp³-hybridized carbons (Fsp3) is 0.267. The zero-order chi connectivity index (χ0) is 14.3. The monoisotopic (exact) mass is 259 g/mol. The van der Waals surface area contributed by atoms with E-state index in [2.05, 4.69) is 5.32 Å². The van der Waals surface area contributed by atoms with Gasteiger partial charge in [0.1, 0.15) is 0 Å². The molecule has 0 heterocycles. The summed E-state index contributed by atoms with van der Waals surface area (Å²) in [5.74, 6) is -1.78. The Morgan fingerprint density at radius 2 is 1.74 bits per heavy atom. The fourth-order valence-corrected chi connectivity index (χ4v) is 1.49. The van der Waals surface area contributed by atoms with Crippen LogP contribution in [0.15, 0.2) is 42.0 Å². The lowest BCUT2D eigenvalue weighted by Gasteiger charge is -2.03. The minimum absolute atomic E-state index is 0.280. The van der Waals surface area contributed by atoms with Gasteiger partial charge in [-0.25, -0.2) is 0 Å². The lowest BCUT2D eigenvalue weighted by Crippen LogP contribution is -2.31. The van der Waals surface area contributed by atoms with Gasteiger partial charge >= 0.3 is 0 Å². The SMILES string of the molecule is CC(C)=CC(=O)CC(=O)C(=O)NCc1ccccc1. The van der Waals surface area contributed by atoms with E-state index in [-0.39, 0.29) is 18.7 Å². The van der Waals surface area contributed by atoms with Gasteiger partial charge in [0.2, 0.25) is 5.78 Å². The van der Waals surface area contributed by atoms with Crippen LogP contribution in [0.2, 0.25) is 0 Å². The Morgan fingerprint density at radius 3 is 2.32 bits per heavy atom. The molecule has 1 rings (SSSR count). The predicted molar refractivity (Wildman–Crippen MR) is 72.4 cm³/mol. The van der Waals surface area contributed by atoms with Crippen LogP contribution in [0.1, 0.15) is 25.8 Å². The number of carbonyl (C=O) groups excluding carboxylic acids is 3. The van der Waals surface area contributed by atoms with E-state index < -0.39 is 11.7 Å². The molecule has 0 bridgehead atoms. The Kier molecular flexibility index (Phi) is 5.67. The second kappa shape index (κ2) is 7.26. The van der Waals surface area contributed by atoms with E-state index in [0.717, 1.165) is 11.1 Å². The van der Waals surface area contributed by atoms with E-state index >= 15 is 0 Å². The van der Waals surface area contributed by atoms with Gasteiger partial charge in [-0.1, -0.05) is 35.9 Å². The van der Waals surface area contributed by atoms with Crippen LogP contribution in [0.5, 0.6) is 0 Å². The van der Waals surface area contributed by atoms with Crippen molar-refractivity contribution >= 4 is 17.5 Å². The van der Waals surface area contributed by atoms with Gasteiger partial charge < -0.3 is 5.32 Å². The molecule has 1 aromatic rings. The quantitative estimate of drug-likeness (QED) is 0.481. The Labute approximate surface area is 112 Å². The van der Waals surface area contributed by atoms with E-state index in [1.807, 2.05) is 30.3 Å². The number of ketones is 2. The van der Waals surface area contributed by atoms with Crippen LogP contribution in [-0.2, 0) is 20.9 Å². The van der Waals surface area contributed by atoms with Gasteiger partial charge in [0, 0.05) is 6.54 Å². The fourth-order valence-electron chi connectivity index (χ4n) is 1.49. The largest absolute Gasteiger partial charge is 0.345 e. The highest BCUT2D eigenvalue weighted by Gasteiger charge is 2.16. The number of carbonyl (C=O) groups is 3. The summed E-state index contributed by atoms with van der Waals surface area (Å²) in [5.41, 5.74) is 1.71.